The van der Waals surface area contributed by atoms with Gasteiger partial charge >= 0.3 is 6.03 Å². The Morgan fingerprint density at radius 2 is 1.67 bits per heavy atom. The first-order valence-corrected chi connectivity index (χ1v) is 15.1. The molecule has 1 atom stereocenters. The zero-order chi connectivity index (χ0) is 32.8. The van der Waals surface area contributed by atoms with Crippen LogP contribution >= 0.6 is 0 Å². The average Bonchev–Trinajstić information content (AvgIpc) is 3.54. The van der Waals surface area contributed by atoms with E-state index in [0.717, 1.165) is 22.5 Å². The first-order valence-electron chi connectivity index (χ1n) is 15.1. The van der Waals surface area contributed by atoms with E-state index in [9.17, 15) is 14.4 Å². The zero-order valence-corrected chi connectivity index (χ0v) is 26.7. The number of aromatic amines is 1. The van der Waals surface area contributed by atoms with Gasteiger partial charge < -0.3 is 31.1 Å². The van der Waals surface area contributed by atoms with Crippen molar-refractivity contribution in [2.24, 2.45) is 0 Å². The normalized spacial score (nSPS) is 14.2. The molecule has 0 radical (unpaired) electrons. The Labute approximate surface area is 269 Å². The summed E-state index contributed by atoms with van der Waals surface area (Å²) in [5.74, 6) is 0.101. The number of urea groups is 1. The van der Waals surface area contributed by atoms with Crippen molar-refractivity contribution in [3.63, 3.8) is 0 Å². The van der Waals surface area contributed by atoms with Gasteiger partial charge in [0.1, 0.15) is 0 Å². The number of rotatable bonds is 10. The molecule has 2 heterocycles. The largest absolute Gasteiger partial charge is 0.338 e. The molecule has 0 saturated carbocycles. The summed E-state index contributed by atoms with van der Waals surface area (Å²) in [7, 11) is 3.98. The SMILES string of the molecule is C/C=C/C(=O)Nc1ccc(C(=O)Nc2cccc(Nc3n[nH]c4c3CN(C(=O)N[C@H](CN(C)C)c3ccccc3)C4(C)C)c2)cc1. The molecular formula is C35H40N8O3. The molecule has 1 aliphatic rings. The molecule has 0 bridgehead atoms. The molecule has 4 amide bonds. The Balaban J connectivity index is 1.25. The Kier molecular flexibility index (Phi) is 9.53. The van der Waals surface area contributed by atoms with Crippen LogP contribution in [0.25, 0.3) is 0 Å². The molecule has 4 aromatic rings. The highest BCUT2D eigenvalue weighted by Crippen LogP contribution is 2.41. The van der Waals surface area contributed by atoms with Crippen LogP contribution in [0.15, 0.2) is 91.0 Å². The van der Waals surface area contributed by atoms with Gasteiger partial charge in [0.25, 0.3) is 5.91 Å². The van der Waals surface area contributed by atoms with Crippen LogP contribution in [-0.4, -0.2) is 58.5 Å². The van der Waals surface area contributed by atoms with Gasteiger partial charge in [-0.3, -0.25) is 14.7 Å². The number of likely N-dealkylation sites (N-methyl/N-ethyl adjacent to an activating group) is 1. The number of fused-ring (bicyclic) bond motifs is 1. The summed E-state index contributed by atoms with van der Waals surface area (Å²) in [5.41, 5.74) is 4.57. The van der Waals surface area contributed by atoms with E-state index in [1.54, 1.807) is 43.3 Å². The van der Waals surface area contributed by atoms with Crippen LogP contribution in [0.3, 0.4) is 0 Å². The number of hydrogen-bond acceptors (Lipinski definition) is 6. The lowest BCUT2D eigenvalue weighted by molar-refractivity contribution is -0.111. The number of carbonyl (C=O) groups is 3. The standard InChI is InChI=1S/C35H40N8O3/c1-6-11-30(44)36-25-18-16-24(17-19-25)33(45)38-27-15-10-14-26(20-27)37-32-28-21-43(35(2,3)31(28)40-41-32)34(46)39-29(22-42(4)5)23-12-8-7-9-13-23/h6-20,29H,21-22H2,1-5H3,(H,36,44)(H,38,45)(H,39,46)(H2,37,40,41)/b11-6+/t29-/m1/s1. The van der Waals surface area contributed by atoms with Crippen LogP contribution in [0.5, 0.6) is 0 Å². The topological polar surface area (TPSA) is 134 Å². The minimum Gasteiger partial charge on any atom is -0.338 e. The predicted octanol–water partition coefficient (Wildman–Crippen LogP) is 5.98. The minimum absolute atomic E-state index is 0.158. The van der Waals surface area contributed by atoms with E-state index in [0.29, 0.717) is 35.8 Å². The lowest BCUT2D eigenvalue weighted by Crippen LogP contribution is -2.48. The van der Waals surface area contributed by atoms with Crippen molar-refractivity contribution in [3.8, 4) is 0 Å². The van der Waals surface area contributed by atoms with E-state index in [-0.39, 0.29) is 23.9 Å². The third kappa shape index (κ3) is 7.27. The van der Waals surface area contributed by atoms with Gasteiger partial charge in [-0.2, -0.15) is 5.10 Å². The van der Waals surface area contributed by atoms with Gasteiger partial charge in [-0.25, -0.2) is 4.79 Å². The van der Waals surface area contributed by atoms with Crippen molar-refractivity contribution in [2.45, 2.75) is 38.9 Å². The fourth-order valence-electron chi connectivity index (χ4n) is 5.51. The number of anilines is 4. The molecule has 5 N–H and O–H groups in total. The summed E-state index contributed by atoms with van der Waals surface area (Å²) in [6.45, 7) is 6.81. The maximum atomic E-state index is 13.7. The van der Waals surface area contributed by atoms with Crippen molar-refractivity contribution >= 4 is 40.7 Å². The minimum atomic E-state index is -0.618. The number of amides is 4. The third-order valence-corrected chi connectivity index (χ3v) is 7.88. The highest BCUT2D eigenvalue weighted by Gasteiger charge is 2.44. The van der Waals surface area contributed by atoms with E-state index in [2.05, 4.69) is 36.4 Å². The van der Waals surface area contributed by atoms with E-state index in [1.165, 1.54) is 6.08 Å². The van der Waals surface area contributed by atoms with Crippen molar-refractivity contribution in [2.75, 3.05) is 36.6 Å². The quantitative estimate of drug-likeness (QED) is 0.138. The van der Waals surface area contributed by atoms with Crippen molar-refractivity contribution in [1.29, 1.82) is 0 Å². The van der Waals surface area contributed by atoms with E-state index < -0.39 is 5.54 Å². The van der Waals surface area contributed by atoms with Crippen LogP contribution in [0.4, 0.5) is 27.7 Å². The Morgan fingerprint density at radius 3 is 2.37 bits per heavy atom. The third-order valence-electron chi connectivity index (χ3n) is 7.88. The number of aromatic nitrogens is 2. The van der Waals surface area contributed by atoms with Crippen LogP contribution in [0.1, 0.15) is 54.0 Å². The molecule has 0 spiro atoms. The fraction of sp³-hybridized carbons (Fsp3) is 0.257. The maximum absolute atomic E-state index is 13.7. The van der Waals surface area contributed by atoms with Crippen LogP contribution in [-0.2, 0) is 16.9 Å². The van der Waals surface area contributed by atoms with E-state index in [1.807, 2.05) is 81.4 Å². The second kappa shape index (κ2) is 13.7. The summed E-state index contributed by atoms with van der Waals surface area (Å²) in [5, 5.41) is 19.9. The number of allylic oxidation sites excluding steroid dienone is 1. The molecule has 5 rings (SSSR count). The monoisotopic (exact) mass is 620 g/mol. The molecule has 11 heteroatoms. The molecule has 0 saturated heterocycles. The summed E-state index contributed by atoms with van der Waals surface area (Å²) >= 11 is 0. The van der Waals surface area contributed by atoms with Crippen LogP contribution < -0.4 is 21.3 Å². The summed E-state index contributed by atoms with van der Waals surface area (Å²) in [6.07, 6.45) is 3.09. The van der Waals surface area contributed by atoms with Crippen molar-refractivity contribution < 1.29 is 14.4 Å². The highest BCUT2D eigenvalue weighted by atomic mass is 16.2. The molecule has 1 aliphatic heterocycles. The zero-order valence-electron chi connectivity index (χ0n) is 26.7. The Hall–Kier alpha value is -5.42. The van der Waals surface area contributed by atoms with Gasteiger partial charge in [-0.15, -0.1) is 0 Å². The summed E-state index contributed by atoms with van der Waals surface area (Å²) in [4.78, 5) is 42.3. The molecule has 46 heavy (non-hydrogen) atoms. The first kappa shape index (κ1) is 32.0. The molecule has 11 nitrogen and oxygen atoms in total. The lowest BCUT2D eigenvalue weighted by atomic mass is 10.0. The first-order chi connectivity index (χ1) is 22.0. The molecule has 238 valence electrons. The fourth-order valence-corrected chi connectivity index (χ4v) is 5.51. The molecule has 1 aromatic heterocycles. The summed E-state index contributed by atoms with van der Waals surface area (Å²) in [6, 6.07) is 23.7. The van der Waals surface area contributed by atoms with Gasteiger partial charge in [0, 0.05) is 34.7 Å². The van der Waals surface area contributed by atoms with Crippen molar-refractivity contribution in [1.82, 2.24) is 25.3 Å². The summed E-state index contributed by atoms with van der Waals surface area (Å²) < 4.78 is 0. The molecular weight excluding hydrogens is 580 g/mol. The van der Waals surface area contributed by atoms with E-state index >= 15 is 0 Å². The smallest absolute Gasteiger partial charge is 0.319 e. The number of carbonyl (C=O) groups excluding carboxylic acids is 3. The molecule has 3 aromatic carbocycles. The predicted molar refractivity (Wildman–Crippen MR) is 181 cm³/mol. The Bertz CT molecular complexity index is 1730. The molecule has 0 unspecified atom stereocenters. The molecule has 0 aliphatic carbocycles. The van der Waals surface area contributed by atoms with Crippen molar-refractivity contribution in [3.05, 3.63) is 113 Å². The number of nitrogens with one attached hydrogen (secondary N) is 5. The van der Waals surface area contributed by atoms with Crippen LogP contribution in [0, 0.1) is 0 Å². The maximum Gasteiger partial charge on any atom is 0.319 e. The van der Waals surface area contributed by atoms with Gasteiger partial charge in [0.2, 0.25) is 5.91 Å². The number of nitrogens with zero attached hydrogens (tertiary/aromatic N) is 3. The number of benzene rings is 3. The molecule has 0 fully saturated rings. The van der Waals surface area contributed by atoms with Gasteiger partial charge in [0.05, 0.1) is 23.8 Å². The number of hydrogen-bond donors (Lipinski definition) is 5. The second-order valence-electron chi connectivity index (χ2n) is 12.0. The van der Waals surface area contributed by atoms with E-state index in [4.69, 9.17) is 0 Å². The highest BCUT2D eigenvalue weighted by molar-refractivity contribution is 6.05. The average molecular weight is 621 g/mol. The Morgan fingerprint density at radius 1 is 0.957 bits per heavy atom. The lowest BCUT2D eigenvalue weighted by Gasteiger charge is -2.34. The number of H-pyrrole nitrogens is 1. The van der Waals surface area contributed by atoms with Gasteiger partial charge in [0.15, 0.2) is 5.82 Å². The van der Waals surface area contributed by atoms with Gasteiger partial charge in [-0.05, 0) is 89.0 Å². The second-order valence-corrected chi connectivity index (χ2v) is 12.0. The van der Waals surface area contributed by atoms with Crippen LogP contribution in [0.2, 0.25) is 0 Å². The van der Waals surface area contributed by atoms with Gasteiger partial charge in [-0.1, -0.05) is 42.5 Å².